The minimum atomic E-state index is -0.103. The van der Waals surface area contributed by atoms with Gasteiger partial charge in [-0.25, -0.2) is 0 Å². The van der Waals surface area contributed by atoms with Gasteiger partial charge in [-0.15, -0.1) is 0 Å². The molecule has 142 valence electrons. The first-order valence-electron chi connectivity index (χ1n) is 9.55. The van der Waals surface area contributed by atoms with Crippen LogP contribution in [0.4, 0.5) is 5.69 Å². The number of carbonyl (C=O) groups excluding carboxylic acids is 1. The molecule has 2 N–H and O–H groups in total. The van der Waals surface area contributed by atoms with E-state index in [0.29, 0.717) is 6.54 Å². The summed E-state index contributed by atoms with van der Waals surface area (Å²) in [5, 5.41) is 6.47. The molecule has 2 atom stereocenters. The molecule has 0 bridgehead atoms. The number of anilines is 1. The molecule has 0 aromatic heterocycles. The Hall–Kier alpha value is -3.11. The molecule has 1 saturated heterocycles. The van der Waals surface area contributed by atoms with Crippen LogP contribution in [0.2, 0.25) is 0 Å². The second kappa shape index (κ2) is 8.28. The number of ether oxygens (including phenoxy) is 1. The van der Waals surface area contributed by atoms with Gasteiger partial charge in [-0.1, -0.05) is 54.6 Å². The van der Waals surface area contributed by atoms with Gasteiger partial charge < -0.3 is 15.4 Å². The smallest absolute Gasteiger partial charge is 0.229 e. The third-order valence-electron chi connectivity index (χ3n) is 5.33. The molecule has 28 heavy (non-hydrogen) atoms. The Kier molecular flexibility index (Phi) is 5.40. The van der Waals surface area contributed by atoms with E-state index in [0.717, 1.165) is 34.7 Å². The second-order valence-corrected chi connectivity index (χ2v) is 7.08. The summed E-state index contributed by atoms with van der Waals surface area (Å²) < 4.78 is 5.24. The molecule has 0 unspecified atom stereocenters. The number of hydrogen-bond donors (Lipinski definition) is 2. The molecule has 3 aromatic rings. The van der Waals surface area contributed by atoms with Crippen molar-refractivity contribution in [2.45, 2.75) is 5.92 Å². The van der Waals surface area contributed by atoms with Crippen molar-refractivity contribution in [3.8, 4) is 16.9 Å². The summed E-state index contributed by atoms with van der Waals surface area (Å²) in [6, 6.07) is 26.2. The lowest BCUT2D eigenvalue weighted by Gasteiger charge is -2.19. The van der Waals surface area contributed by atoms with Crippen LogP contribution in [-0.2, 0) is 4.79 Å². The van der Waals surface area contributed by atoms with Crippen LogP contribution in [0.5, 0.6) is 5.75 Å². The molecule has 4 heteroatoms. The summed E-state index contributed by atoms with van der Waals surface area (Å²) in [5.74, 6) is 0.932. The Bertz CT molecular complexity index is 938. The fraction of sp³-hybridized carbons (Fsp3) is 0.208. The Morgan fingerprint density at radius 1 is 0.929 bits per heavy atom. The Morgan fingerprint density at radius 3 is 2.43 bits per heavy atom. The van der Waals surface area contributed by atoms with Crippen LogP contribution in [0.1, 0.15) is 11.5 Å². The lowest BCUT2D eigenvalue weighted by Crippen LogP contribution is -2.28. The van der Waals surface area contributed by atoms with Crippen molar-refractivity contribution in [1.29, 1.82) is 0 Å². The van der Waals surface area contributed by atoms with Crippen molar-refractivity contribution in [3.05, 3.63) is 84.4 Å². The van der Waals surface area contributed by atoms with Crippen molar-refractivity contribution < 1.29 is 9.53 Å². The molecule has 4 nitrogen and oxygen atoms in total. The van der Waals surface area contributed by atoms with Gasteiger partial charge in [0.05, 0.1) is 13.0 Å². The van der Waals surface area contributed by atoms with Crippen molar-refractivity contribution in [2.75, 3.05) is 25.5 Å². The number of hydrogen-bond acceptors (Lipinski definition) is 3. The minimum absolute atomic E-state index is 0.0519. The van der Waals surface area contributed by atoms with Gasteiger partial charge in [-0.3, -0.25) is 4.79 Å². The van der Waals surface area contributed by atoms with Crippen LogP contribution in [-0.4, -0.2) is 26.1 Å². The first-order valence-corrected chi connectivity index (χ1v) is 9.55. The second-order valence-electron chi connectivity index (χ2n) is 7.08. The molecule has 4 rings (SSSR count). The van der Waals surface area contributed by atoms with E-state index in [1.807, 2.05) is 60.7 Å². The topological polar surface area (TPSA) is 50.4 Å². The third-order valence-corrected chi connectivity index (χ3v) is 5.33. The van der Waals surface area contributed by atoms with Gasteiger partial charge in [0.25, 0.3) is 0 Å². The van der Waals surface area contributed by atoms with E-state index >= 15 is 0 Å². The SMILES string of the molecule is COc1ccc([C@H]2CNC[C@@H]2C(=O)Nc2cccc(-c3ccccc3)c2)cc1. The first kappa shape index (κ1) is 18.3. The molecular formula is C24H24N2O2. The molecule has 0 aliphatic carbocycles. The Balaban J connectivity index is 1.49. The summed E-state index contributed by atoms with van der Waals surface area (Å²) in [5.41, 5.74) is 4.21. The van der Waals surface area contributed by atoms with E-state index in [1.165, 1.54) is 0 Å². The number of rotatable bonds is 5. The van der Waals surface area contributed by atoms with Gasteiger partial charge in [0, 0.05) is 24.7 Å². The van der Waals surface area contributed by atoms with E-state index in [9.17, 15) is 4.79 Å². The normalized spacial score (nSPS) is 18.6. The quantitative estimate of drug-likeness (QED) is 0.702. The number of benzene rings is 3. The van der Waals surface area contributed by atoms with Crippen LogP contribution in [0.25, 0.3) is 11.1 Å². The fourth-order valence-electron chi connectivity index (χ4n) is 3.80. The maximum Gasteiger partial charge on any atom is 0.229 e. The fourth-order valence-corrected chi connectivity index (χ4v) is 3.80. The predicted molar refractivity (Wildman–Crippen MR) is 113 cm³/mol. The predicted octanol–water partition coefficient (Wildman–Crippen LogP) is 4.30. The van der Waals surface area contributed by atoms with Crippen LogP contribution in [0.3, 0.4) is 0 Å². The third kappa shape index (κ3) is 3.92. The van der Waals surface area contributed by atoms with Crippen molar-refractivity contribution in [3.63, 3.8) is 0 Å². The molecule has 1 fully saturated rings. The maximum absolute atomic E-state index is 13.0. The highest BCUT2D eigenvalue weighted by Crippen LogP contribution is 2.31. The summed E-state index contributed by atoms with van der Waals surface area (Å²) >= 11 is 0. The number of methoxy groups -OCH3 is 1. The van der Waals surface area contributed by atoms with Crippen LogP contribution in [0, 0.1) is 5.92 Å². The Morgan fingerprint density at radius 2 is 1.68 bits per heavy atom. The molecule has 1 heterocycles. The number of nitrogens with one attached hydrogen (secondary N) is 2. The summed E-state index contributed by atoms with van der Waals surface area (Å²) in [4.78, 5) is 13.0. The first-order chi connectivity index (χ1) is 13.7. The highest BCUT2D eigenvalue weighted by molar-refractivity contribution is 5.94. The standard InChI is InChI=1S/C24H24N2O2/c1-28-21-12-10-18(11-13-21)22-15-25-16-23(22)24(27)26-20-9-5-8-19(14-20)17-6-3-2-4-7-17/h2-14,22-23,25H,15-16H2,1H3,(H,26,27)/t22-,23+/m1/s1. The maximum atomic E-state index is 13.0. The largest absolute Gasteiger partial charge is 0.497 e. The molecular weight excluding hydrogens is 348 g/mol. The summed E-state index contributed by atoms with van der Waals surface area (Å²) in [6.45, 7) is 1.48. The lowest BCUT2D eigenvalue weighted by molar-refractivity contribution is -0.119. The zero-order valence-corrected chi connectivity index (χ0v) is 15.9. The highest BCUT2D eigenvalue weighted by atomic mass is 16.5. The number of carbonyl (C=O) groups is 1. The van der Waals surface area contributed by atoms with Gasteiger partial charge in [0.1, 0.15) is 5.75 Å². The summed E-state index contributed by atoms with van der Waals surface area (Å²) in [6.07, 6.45) is 0. The van der Waals surface area contributed by atoms with Gasteiger partial charge >= 0.3 is 0 Å². The summed E-state index contributed by atoms with van der Waals surface area (Å²) in [7, 11) is 1.66. The van der Waals surface area contributed by atoms with E-state index in [1.54, 1.807) is 7.11 Å². The van der Waals surface area contributed by atoms with E-state index in [-0.39, 0.29) is 17.7 Å². The molecule has 1 amide bonds. The zero-order valence-electron chi connectivity index (χ0n) is 15.9. The van der Waals surface area contributed by atoms with Crippen molar-refractivity contribution in [1.82, 2.24) is 5.32 Å². The van der Waals surface area contributed by atoms with Gasteiger partial charge in [0.2, 0.25) is 5.91 Å². The van der Waals surface area contributed by atoms with Crippen molar-refractivity contribution >= 4 is 11.6 Å². The molecule has 1 aliphatic heterocycles. The van der Waals surface area contributed by atoms with Gasteiger partial charge in [0.15, 0.2) is 0 Å². The van der Waals surface area contributed by atoms with Crippen LogP contribution >= 0.6 is 0 Å². The molecule has 1 aliphatic rings. The van der Waals surface area contributed by atoms with Crippen LogP contribution in [0.15, 0.2) is 78.9 Å². The average molecular weight is 372 g/mol. The lowest BCUT2D eigenvalue weighted by atomic mass is 9.88. The van der Waals surface area contributed by atoms with E-state index < -0.39 is 0 Å². The molecule has 0 saturated carbocycles. The van der Waals surface area contributed by atoms with Crippen molar-refractivity contribution in [2.24, 2.45) is 5.92 Å². The molecule has 0 spiro atoms. The molecule has 0 radical (unpaired) electrons. The minimum Gasteiger partial charge on any atom is -0.497 e. The number of amides is 1. The van der Waals surface area contributed by atoms with E-state index in [2.05, 4.69) is 28.8 Å². The van der Waals surface area contributed by atoms with Crippen LogP contribution < -0.4 is 15.4 Å². The van der Waals surface area contributed by atoms with Gasteiger partial charge in [-0.2, -0.15) is 0 Å². The molecule has 3 aromatic carbocycles. The monoisotopic (exact) mass is 372 g/mol. The van der Waals surface area contributed by atoms with E-state index in [4.69, 9.17) is 4.74 Å². The Labute approximate surface area is 165 Å². The highest BCUT2D eigenvalue weighted by Gasteiger charge is 2.34. The zero-order chi connectivity index (χ0) is 19.3. The average Bonchev–Trinajstić information content (AvgIpc) is 3.25. The van der Waals surface area contributed by atoms with Gasteiger partial charge in [-0.05, 0) is 41.0 Å².